The number of fused-ring (bicyclic) bond motifs is 1. The Morgan fingerprint density at radius 3 is 2.84 bits per heavy atom. The zero-order chi connectivity index (χ0) is 17.8. The van der Waals surface area contributed by atoms with Crippen molar-refractivity contribution in [3.63, 3.8) is 0 Å². The molecule has 0 radical (unpaired) electrons. The number of thiazole rings is 1. The predicted molar refractivity (Wildman–Crippen MR) is 99.3 cm³/mol. The minimum absolute atomic E-state index is 0.154. The van der Waals surface area contributed by atoms with Gasteiger partial charge in [-0.3, -0.25) is 25.0 Å². The third-order valence-corrected chi connectivity index (χ3v) is 4.31. The van der Waals surface area contributed by atoms with Crippen molar-refractivity contribution in [1.29, 1.82) is 0 Å². The molecule has 2 aromatic heterocycles. The Balaban J connectivity index is 1.77. The Kier molecular flexibility index (Phi) is 4.90. The smallest absolute Gasteiger partial charge is 0.262 e. The van der Waals surface area contributed by atoms with Crippen molar-refractivity contribution in [3.8, 4) is 0 Å². The maximum absolute atomic E-state index is 12.5. The van der Waals surface area contributed by atoms with E-state index in [4.69, 9.17) is 0 Å². The van der Waals surface area contributed by atoms with Gasteiger partial charge in [-0.05, 0) is 32.1 Å². The Hall–Kier alpha value is -3.00. The average molecular weight is 355 g/mol. The van der Waals surface area contributed by atoms with Crippen LogP contribution in [0.15, 0.2) is 40.5 Å². The molecule has 2 N–H and O–H groups in total. The van der Waals surface area contributed by atoms with Crippen molar-refractivity contribution < 1.29 is 4.79 Å². The number of nitrogens with zero attached hydrogens (tertiary/aromatic N) is 3. The largest absolute Gasteiger partial charge is 0.277 e. The second-order valence-corrected chi connectivity index (χ2v) is 6.30. The maximum Gasteiger partial charge on any atom is 0.262 e. The van der Waals surface area contributed by atoms with Gasteiger partial charge in [0, 0.05) is 18.0 Å². The standard InChI is InChI=1S/C17H17N5O2S/c1-3-22-16(24)13-6-4-5-7-14(13)19-17(22)21-20-15(23)9-8-12-10-25-11(2)18-12/h4-10H,3H2,1-2H3,(H,19,21)(H,20,23)/b9-8+. The number of carbonyl (C=O) groups is 1. The molecule has 0 saturated heterocycles. The van der Waals surface area contributed by atoms with Crippen LogP contribution in [0.5, 0.6) is 0 Å². The van der Waals surface area contributed by atoms with Gasteiger partial charge in [0.1, 0.15) is 0 Å². The van der Waals surface area contributed by atoms with E-state index in [2.05, 4.69) is 20.8 Å². The van der Waals surface area contributed by atoms with Crippen molar-refractivity contribution in [2.45, 2.75) is 20.4 Å². The first kappa shape index (κ1) is 16.8. The average Bonchev–Trinajstić information content (AvgIpc) is 3.03. The summed E-state index contributed by atoms with van der Waals surface area (Å²) in [5, 5.41) is 3.34. The lowest BCUT2D eigenvalue weighted by molar-refractivity contribution is -0.116. The normalized spacial score (nSPS) is 11.1. The van der Waals surface area contributed by atoms with Gasteiger partial charge in [-0.25, -0.2) is 9.97 Å². The predicted octanol–water partition coefficient (Wildman–Crippen LogP) is 2.34. The number of benzene rings is 1. The molecule has 0 unspecified atom stereocenters. The van der Waals surface area contributed by atoms with E-state index in [9.17, 15) is 9.59 Å². The van der Waals surface area contributed by atoms with E-state index in [-0.39, 0.29) is 17.4 Å². The summed E-state index contributed by atoms with van der Waals surface area (Å²) < 4.78 is 1.47. The number of amides is 1. The Labute approximate surface area is 148 Å². The summed E-state index contributed by atoms with van der Waals surface area (Å²) in [5.74, 6) is -0.0758. The number of aryl methyl sites for hydroxylation is 1. The highest BCUT2D eigenvalue weighted by Crippen LogP contribution is 2.11. The van der Waals surface area contributed by atoms with Gasteiger partial charge in [-0.2, -0.15) is 0 Å². The number of rotatable bonds is 5. The van der Waals surface area contributed by atoms with Crippen molar-refractivity contribution in [2.24, 2.45) is 0 Å². The number of hydrazine groups is 1. The first-order chi connectivity index (χ1) is 12.1. The van der Waals surface area contributed by atoms with E-state index < -0.39 is 0 Å². The van der Waals surface area contributed by atoms with Crippen LogP contribution in [0.25, 0.3) is 17.0 Å². The molecule has 8 heteroatoms. The SMILES string of the molecule is CCn1c(NNC(=O)/C=C/c2csc(C)n2)nc2ccccc2c1=O. The lowest BCUT2D eigenvalue weighted by Crippen LogP contribution is -2.33. The van der Waals surface area contributed by atoms with Crippen LogP contribution in [-0.4, -0.2) is 20.4 Å². The number of anilines is 1. The van der Waals surface area contributed by atoms with Gasteiger partial charge < -0.3 is 0 Å². The van der Waals surface area contributed by atoms with Crippen LogP contribution in [0.4, 0.5) is 5.95 Å². The highest BCUT2D eigenvalue weighted by Gasteiger charge is 2.09. The van der Waals surface area contributed by atoms with Gasteiger partial charge in [0.05, 0.1) is 21.6 Å². The minimum atomic E-state index is -0.365. The molecule has 0 aliphatic carbocycles. The lowest BCUT2D eigenvalue weighted by Gasteiger charge is -2.13. The van der Waals surface area contributed by atoms with Crippen LogP contribution in [-0.2, 0) is 11.3 Å². The van der Waals surface area contributed by atoms with Crippen molar-refractivity contribution >= 4 is 40.2 Å². The number of aromatic nitrogens is 3. The lowest BCUT2D eigenvalue weighted by atomic mass is 10.2. The Morgan fingerprint density at radius 2 is 2.12 bits per heavy atom. The molecule has 0 bridgehead atoms. The van der Waals surface area contributed by atoms with Gasteiger partial charge in [-0.15, -0.1) is 11.3 Å². The third-order valence-electron chi connectivity index (χ3n) is 3.52. The van der Waals surface area contributed by atoms with Gasteiger partial charge >= 0.3 is 0 Å². The van der Waals surface area contributed by atoms with Crippen molar-refractivity contribution in [1.82, 2.24) is 20.0 Å². The van der Waals surface area contributed by atoms with Crippen LogP contribution < -0.4 is 16.4 Å². The molecule has 0 atom stereocenters. The van der Waals surface area contributed by atoms with E-state index in [1.54, 1.807) is 24.3 Å². The molecule has 25 heavy (non-hydrogen) atoms. The second kappa shape index (κ2) is 7.27. The molecule has 3 aromatic rings. The molecule has 3 rings (SSSR count). The fourth-order valence-electron chi connectivity index (χ4n) is 2.33. The number of carbonyl (C=O) groups excluding carboxylic acids is 1. The fourth-order valence-corrected chi connectivity index (χ4v) is 2.91. The molecule has 0 spiro atoms. The topological polar surface area (TPSA) is 88.9 Å². The Bertz CT molecular complexity index is 1010. The summed E-state index contributed by atoms with van der Waals surface area (Å²) >= 11 is 1.52. The maximum atomic E-state index is 12.5. The van der Waals surface area contributed by atoms with E-state index in [0.717, 1.165) is 10.7 Å². The summed E-state index contributed by atoms with van der Waals surface area (Å²) in [6.45, 7) is 4.18. The monoisotopic (exact) mass is 355 g/mol. The first-order valence-electron chi connectivity index (χ1n) is 7.74. The van der Waals surface area contributed by atoms with Gasteiger partial charge in [0.2, 0.25) is 5.95 Å². The van der Waals surface area contributed by atoms with Crippen LogP contribution in [0.3, 0.4) is 0 Å². The van der Waals surface area contributed by atoms with E-state index in [1.807, 2.05) is 25.3 Å². The van der Waals surface area contributed by atoms with Gasteiger partial charge in [0.15, 0.2) is 0 Å². The van der Waals surface area contributed by atoms with Crippen LogP contribution in [0.1, 0.15) is 17.6 Å². The Morgan fingerprint density at radius 1 is 1.32 bits per heavy atom. The van der Waals surface area contributed by atoms with E-state index in [1.165, 1.54) is 22.0 Å². The third kappa shape index (κ3) is 3.74. The summed E-state index contributed by atoms with van der Waals surface area (Å²) in [7, 11) is 0. The van der Waals surface area contributed by atoms with Gasteiger partial charge in [0.25, 0.3) is 11.5 Å². The minimum Gasteiger partial charge on any atom is -0.277 e. The molecule has 7 nitrogen and oxygen atoms in total. The molecular formula is C17H17N5O2S. The molecule has 0 aliphatic heterocycles. The van der Waals surface area contributed by atoms with Crippen molar-refractivity contribution in [2.75, 3.05) is 5.43 Å². The zero-order valence-corrected chi connectivity index (χ0v) is 14.6. The molecular weight excluding hydrogens is 338 g/mol. The number of hydrogen-bond acceptors (Lipinski definition) is 6. The molecule has 0 fully saturated rings. The van der Waals surface area contributed by atoms with Crippen LogP contribution in [0, 0.1) is 6.92 Å². The zero-order valence-electron chi connectivity index (χ0n) is 13.8. The molecule has 0 aliphatic rings. The quantitative estimate of drug-likeness (QED) is 0.542. The number of para-hydroxylation sites is 1. The van der Waals surface area contributed by atoms with Crippen LogP contribution in [0.2, 0.25) is 0 Å². The summed E-state index contributed by atoms with van der Waals surface area (Å²) in [5.41, 5.74) is 6.39. The van der Waals surface area contributed by atoms with Crippen LogP contribution >= 0.6 is 11.3 Å². The van der Waals surface area contributed by atoms with Gasteiger partial charge in [-0.1, -0.05) is 12.1 Å². The molecule has 1 amide bonds. The molecule has 0 saturated carbocycles. The summed E-state index contributed by atoms with van der Waals surface area (Å²) in [4.78, 5) is 33.1. The molecule has 128 valence electrons. The fraction of sp³-hybridized carbons (Fsp3) is 0.176. The molecule has 1 aromatic carbocycles. The second-order valence-electron chi connectivity index (χ2n) is 5.24. The first-order valence-corrected chi connectivity index (χ1v) is 8.62. The highest BCUT2D eigenvalue weighted by atomic mass is 32.1. The molecule has 2 heterocycles. The highest BCUT2D eigenvalue weighted by molar-refractivity contribution is 7.09. The summed E-state index contributed by atoms with van der Waals surface area (Å²) in [6, 6.07) is 7.10. The van der Waals surface area contributed by atoms with E-state index >= 15 is 0 Å². The van der Waals surface area contributed by atoms with Crippen molar-refractivity contribution in [3.05, 3.63) is 56.8 Å². The summed E-state index contributed by atoms with van der Waals surface area (Å²) in [6.07, 6.45) is 3.00. The van der Waals surface area contributed by atoms with E-state index in [0.29, 0.717) is 17.4 Å². The number of nitrogens with one attached hydrogen (secondary N) is 2. The number of hydrogen-bond donors (Lipinski definition) is 2.